The summed E-state index contributed by atoms with van der Waals surface area (Å²) < 4.78 is 1.68. The summed E-state index contributed by atoms with van der Waals surface area (Å²) in [5.74, 6) is -0.0867. The Hall–Kier alpha value is -2.59. The van der Waals surface area contributed by atoms with E-state index in [0.717, 1.165) is 24.1 Å². The van der Waals surface area contributed by atoms with E-state index in [4.69, 9.17) is 11.6 Å². The number of carbonyl (C=O) groups excluding carboxylic acids is 1. The monoisotopic (exact) mass is 351 g/mol. The summed E-state index contributed by atoms with van der Waals surface area (Å²) in [6.45, 7) is 2.03. The lowest BCUT2D eigenvalue weighted by atomic mass is 10.1. The van der Waals surface area contributed by atoms with Crippen molar-refractivity contribution in [3.8, 4) is 16.9 Å². The Balaban J connectivity index is 1.81. The first-order chi connectivity index (χ1) is 12.1. The third-order valence-corrected chi connectivity index (χ3v) is 4.62. The molecule has 1 heterocycles. The zero-order valence-electron chi connectivity index (χ0n) is 13.9. The first-order valence-electron chi connectivity index (χ1n) is 8.34. The van der Waals surface area contributed by atoms with Crippen molar-refractivity contribution in [2.45, 2.75) is 25.8 Å². The Morgan fingerprint density at radius 3 is 2.56 bits per heavy atom. The molecule has 0 spiro atoms. The highest BCUT2D eigenvalue weighted by atomic mass is 35.5. The summed E-state index contributed by atoms with van der Waals surface area (Å²) in [7, 11) is 0. The quantitative estimate of drug-likeness (QED) is 0.757. The first-order valence-corrected chi connectivity index (χ1v) is 8.72. The number of aromatic nitrogens is 2. The topological polar surface area (TPSA) is 46.9 Å². The van der Waals surface area contributed by atoms with E-state index < -0.39 is 0 Å². The van der Waals surface area contributed by atoms with Gasteiger partial charge in [0.15, 0.2) is 0 Å². The summed E-state index contributed by atoms with van der Waals surface area (Å²) in [5, 5.41) is 8.30. The lowest BCUT2D eigenvalue weighted by Crippen LogP contribution is -2.25. The van der Waals surface area contributed by atoms with E-state index in [9.17, 15) is 4.79 Å². The second-order valence-electron chi connectivity index (χ2n) is 6.40. The van der Waals surface area contributed by atoms with E-state index in [-0.39, 0.29) is 5.91 Å². The minimum atomic E-state index is -0.0867. The van der Waals surface area contributed by atoms with Crippen LogP contribution in [0, 0.1) is 6.92 Å². The molecule has 1 saturated carbocycles. The number of rotatable bonds is 4. The van der Waals surface area contributed by atoms with E-state index in [1.165, 1.54) is 5.56 Å². The van der Waals surface area contributed by atoms with Crippen LogP contribution in [0.1, 0.15) is 28.8 Å². The van der Waals surface area contributed by atoms with Crippen LogP contribution in [0.25, 0.3) is 16.9 Å². The predicted molar refractivity (Wildman–Crippen MR) is 99.2 cm³/mol. The molecule has 0 atom stereocenters. The summed E-state index contributed by atoms with van der Waals surface area (Å²) in [4.78, 5) is 12.7. The highest BCUT2D eigenvalue weighted by Gasteiger charge is 2.27. The molecule has 0 saturated heterocycles. The third kappa shape index (κ3) is 3.30. The number of halogens is 1. The van der Waals surface area contributed by atoms with Gasteiger partial charge in [0.2, 0.25) is 0 Å². The van der Waals surface area contributed by atoms with Crippen molar-refractivity contribution in [2.24, 2.45) is 0 Å². The van der Waals surface area contributed by atoms with Crippen LogP contribution in [0.15, 0.2) is 54.7 Å². The van der Waals surface area contributed by atoms with Crippen LogP contribution in [0.4, 0.5) is 0 Å². The lowest BCUT2D eigenvalue weighted by Gasteiger charge is -2.04. The first kappa shape index (κ1) is 15.9. The fourth-order valence-electron chi connectivity index (χ4n) is 2.72. The van der Waals surface area contributed by atoms with Gasteiger partial charge in [0, 0.05) is 17.8 Å². The van der Waals surface area contributed by atoms with Crippen LogP contribution in [0.5, 0.6) is 0 Å². The number of para-hydroxylation sites is 1. The molecule has 1 fully saturated rings. The minimum Gasteiger partial charge on any atom is -0.349 e. The largest absolute Gasteiger partial charge is 0.349 e. The molecule has 0 bridgehead atoms. The van der Waals surface area contributed by atoms with E-state index in [2.05, 4.69) is 10.4 Å². The third-order valence-electron chi connectivity index (χ3n) is 4.30. The van der Waals surface area contributed by atoms with Gasteiger partial charge in [-0.1, -0.05) is 53.6 Å². The normalized spacial score (nSPS) is 13.7. The number of hydrogen-bond donors (Lipinski definition) is 1. The van der Waals surface area contributed by atoms with Crippen LogP contribution >= 0.6 is 11.6 Å². The molecule has 2 aromatic carbocycles. The molecule has 0 aliphatic heterocycles. The minimum absolute atomic E-state index is 0.0867. The standard InChI is InChI=1S/C20H18ClN3O/c1-13-6-8-14(9-7-13)19-16(20(25)22-15-10-11-15)12-24(23-19)18-5-3-2-4-17(18)21/h2-9,12,15H,10-11H2,1H3,(H,22,25). The molecule has 126 valence electrons. The van der Waals surface area contributed by atoms with Gasteiger partial charge in [0.25, 0.3) is 5.91 Å². The maximum absolute atomic E-state index is 12.7. The van der Waals surface area contributed by atoms with Gasteiger partial charge >= 0.3 is 0 Å². The number of carbonyl (C=O) groups is 1. The van der Waals surface area contributed by atoms with Gasteiger partial charge in [-0.3, -0.25) is 4.79 Å². The van der Waals surface area contributed by atoms with Crippen LogP contribution in [-0.2, 0) is 0 Å². The van der Waals surface area contributed by atoms with Gasteiger partial charge in [-0.2, -0.15) is 5.10 Å². The van der Waals surface area contributed by atoms with Crippen LogP contribution in [0.2, 0.25) is 5.02 Å². The second-order valence-corrected chi connectivity index (χ2v) is 6.81. The Kier molecular flexibility index (Phi) is 4.06. The van der Waals surface area contributed by atoms with Crippen LogP contribution < -0.4 is 5.32 Å². The summed E-state index contributed by atoms with van der Waals surface area (Å²) >= 11 is 6.30. The molecule has 1 aliphatic carbocycles. The molecule has 5 heteroatoms. The van der Waals surface area contributed by atoms with Crippen molar-refractivity contribution in [1.82, 2.24) is 15.1 Å². The van der Waals surface area contributed by atoms with Crippen molar-refractivity contribution >= 4 is 17.5 Å². The number of hydrogen-bond acceptors (Lipinski definition) is 2. The zero-order valence-corrected chi connectivity index (χ0v) is 14.6. The SMILES string of the molecule is Cc1ccc(-c2nn(-c3ccccc3Cl)cc2C(=O)NC2CC2)cc1. The number of amides is 1. The maximum atomic E-state index is 12.7. The molecule has 1 aromatic heterocycles. The van der Waals surface area contributed by atoms with Crippen LogP contribution in [-0.4, -0.2) is 21.7 Å². The Morgan fingerprint density at radius 2 is 1.88 bits per heavy atom. The van der Waals surface area contributed by atoms with Crippen molar-refractivity contribution < 1.29 is 4.79 Å². The molecule has 1 aliphatic rings. The lowest BCUT2D eigenvalue weighted by molar-refractivity contribution is 0.0951. The summed E-state index contributed by atoms with van der Waals surface area (Å²) in [6, 6.07) is 15.8. The van der Waals surface area contributed by atoms with Gasteiger partial charge in [-0.25, -0.2) is 4.68 Å². The molecule has 3 aromatic rings. The Bertz CT molecular complexity index is 926. The van der Waals surface area contributed by atoms with Gasteiger partial charge in [0.05, 0.1) is 16.3 Å². The fourth-order valence-corrected chi connectivity index (χ4v) is 2.94. The Morgan fingerprint density at radius 1 is 1.16 bits per heavy atom. The molecule has 4 rings (SSSR count). The smallest absolute Gasteiger partial charge is 0.255 e. The number of nitrogens with one attached hydrogen (secondary N) is 1. The van der Waals surface area contributed by atoms with Crippen molar-refractivity contribution in [2.75, 3.05) is 0 Å². The molecule has 1 N–H and O–H groups in total. The summed E-state index contributed by atoms with van der Waals surface area (Å²) in [6.07, 6.45) is 3.85. The molecule has 4 nitrogen and oxygen atoms in total. The van der Waals surface area contributed by atoms with Gasteiger partial charge in [-0.05, 0) is 31.9 Å². The molecule has 1 amide bonds. The van der Waals surface area contributed by atoms with E-state index >= 15 is 0 Å². The molecule has 25 heavy (non-hydrogen) atoms. The van der Waals surface area contributed by atoms with Crippen molar-refractivity contribution in [3.05, 3.63) is 70.9 Å². The molecule has 0 unspecified atom stereocenters. The summed E-state index contributed by atoms with van der Waals surface area (Å²) in [5.41, 5.74) is 4.06. The van der Waals surface area contributed by atoms with E-state index in [1.54, 1.807) is 10.9 Å². The Labute approximate surface area is 151 Å². The molecular formula is C20H18ClN3O. The maximum Gasteiger partial charge on any atom is 0.255 e. The highest BCUT2D eigenvalue weighted by Crippen LogP contribution is 2.28. The van der Waals surface area contributed by atoms with E-state index in [1.807, 2.05) is 55.5 Å². The number of benzene rings is 2. The zero-order chi connectivity index (χ0) is 17.4. The second kappa shape index (κ2) is 6.37. The molecule has 0 radical (unpaired) electrons. The van der Waals surface area contributed by atoms with E-state index in [0.29, 0.717) is 22.3 Å². The van der Waals surface area contributed by atoms with Crippen LogP contribution in [0.3, 0.4) is 0 Å². The van der Waals surface area contributed by atoms with Gasteiger partial charge < -0.3 is 5.32 Å². The average molecular weight is 352 g/mol. The molecular weight excluding hydrogens is 334 g/mol. The fraction of sp³-hybridized carbons (Fsp3) is 0.200. The van der Waals surface area contributed by atoms with Crippen molar-refractivity contribution in [3.63, 3.8) is 0 Å². The number of nitrogens with zero attached hydrogens (tertiary/aromatic N) is 2. The predicted octanol–water partition coefficient (Wildman–Crippen LogP) is 4.39. The van der Waals surface area contributed by atoms with Gasteiger partial charge in [-0.15, -0.1) is 0 Å². The number of aryl methyl sites for hydroxylation is 1. The van der Waals surface area contributed by atoms with Gasteiger partial charge in [0.1, 0.15) is 5.69 Å². The average Bonchev–Trinajstić information content (AvgIpc) is 3.31. The highest BCUT2D eigenvalue weighted by molar-refractivity contribution is 6.32. The van der Waals surface area contributed by atoms with Crippen molar-refractivity contribution in [1.29, 1.82) is 0 Å².